The molecule has 0 bridgehead atoms. The Balaban J connectivity index is 1.89. The van der Waals surface area contributed by atoms with Crippen molar-refractivity contribution in [2.45, 2.75) is 46.0 Å². The summed E-state index contributed by atoms with van der Waals surface area (Å²) in [6, 6.07) is 0. The number of amides is 3. The lowest BCUT2D eigenvalue weighted by Crippen LogP contribution is -2.37. The molecule has 21 heavy (non-hydrogen) atoms. The van der Waals surface area contributed by atoms with Gasteiger partial charge in [-0.3, -0.25) is 19.3 Å². The van der Waals surface area contributed by atoms with E-state index in [1.54, 1.807) is 11.9 Å². The van der Waals surface area contributed by atoms with E-state index in [4.69, 9.17) is 0 Å². The summed E-state index contributed by atoms with van der Waals surface area (Å²) >= 11 is 0. The second kappa shape index (κ2) is 6.58. The normalized spacial score (nSPS) is 25.4. The Morgan fingerprint density at radius 2 is 1.71 bits per heavy atom. The number of fused-ring (bicyclic) bond motifs is 1. The molecule has 0 aromatic heterocycles. The summed E-state index contributed by atoms with van der Waals surface area (Å²) in [4.78, 5) is 39.6. The minimum atomic E-state index is -0.116. The highest BCUT2D eigenvalue weighted by Gasteiger charge is 2.47. The van der Waals surface area contributed by atoms with Gasteiger partial charge in [-0.05, 0) is 18.8 Å². The zero-order valence-electron chi connectivity index (χ0n) is 13.3. The number of carbonyl (C=O) groups is 3. The lowest BCUT2D eigenvalue weighted by atomic mass is 9.81. The third kappa shape index (κ3) is 3.44. The fourth-order valence-electron chi connectivity index (χ4n) is 3.50. The van der Waals surface area contributed by atoms with Crippen molar-refractivity contribution in [1.82, 2.24) is 9.80 Å². The maximum atomic E-state index is 12.3. The molecule has 1 saturated carbocycles. The Morgan fingerprint density at radius 3 is 2.19 bits per heavy atom. The first-order valence-corrected chi connectivity index (χ1v) is 8.01. The van der Waals surface area contributed by atoms with Crippen LogP contribution in [-0.4, -0.2) is 47.7 Å². The van der Waals surface area contributed by atoms with Crippen LogP contribution in [0.1, 0.15) is 46.0 Å². The van der Waals surface area contributed by atoms with Crippen LogP contribution in [0.15, 0.2) is 0 Å². The molecule has 2 unspecified atom stereocenters. The van der Waals surface area contributed by atoms with Crippen LogP contribution >= 0.6 is 0 Å². The van der Waals surface area contributed by atoms with E-state index in [2.05, 4.69) is 13.8 Å². The van der Waals surface area contributed by atoms with Gasteiger partial charge in [0.25, 0.3) is 0 Å². The average molecular weight is 294 g/mol. The monoisotopic (exact) mass is 294 g/mol. The van der Waals surface area contributed by atoms with Gasteiger partial charge >= 0.3 is 0 Å². The summed E-state index contributed by atoms with van der Waals surface area (Å²) in [7, 11) is 1.77. The van der Waals surface area contributed by atoms with Gasteiger partial charge in [0.05, 0.1) is 11.8 Å². The summed E-state index contributed by atoms with van der Waals surface area (Å²) < 4.78 is 0. The van der Waals surface area contributed by atoms with Gasteiger partial charge in [0.1, 0.15) is 0 Å². The number of likely N-dealkylation sites (tertiary alicyclic amines) is 1. The SMILES string of the molecule is CC(C)CN(C)C(=O)CCN1C(=O)C2CCCCC2C1=O. The van der Waals surface area contributed by atoms with Crippen molar-refractivity contribution in [2.24, 2.45) is 17.8 Å². The third-order valence-corrected chi connectivity index (χ3v) is 4.55. The molecule has 2 aliphatic rings. The molecular formula is C16H26N2O3. The second-order valence-electron chi connectivity index (χ2n) is 6.74. The van der Waals surface area contributed by atoms with E-state index in [-0.39, 0.29) is 42.5 Å². The first-order chi connectivity index (χ1) is 9.91. The second-order valence-corrected chi connectivity index (χ2v) is 6.74. The lowest BCUT2D eigenvalue weighted by Gasteiger charge is -2.21. The van der Waals surface area contributed by atoms with Crippen molar-refractivity contribution in [3.05, 3.63) is 0 Å². The van der Waals surface area contributed by atoms with E-state index in [1.807, 2.05) is 0 Å². The van der Waals surface area contributed by atoms with Crippen LogP contribution in [-0.2, 0) is 14.4 Å². The molecule has 5 heteroatoms. The summed E-state index contributed by atoms with van der Waals surface area (Å²) in [6.07, 6.45) is 3.95. The molecule has 1 aliphatic carbocycles. The standard InChI is InChI=1S/C16H26N2O3/c1-11(2)10-17(3)14(19)8-9-18-15(20)12-6-4-5-7-13(12)16(18)21/h11-13H,4-10H2,1-3H3. The highest BCUT2D eigenvalue weighted by Crippen LogP contribution is 2.37. The van der Waals surface area contributed by atoms with Gasteiger partial charge in [0.15, 0.2) is 0 Å². The molecule has 118 valence electrons. The van der Waals surface area contributed by atoms with Gasteiger partial charge in [0.2, 0.25) is 17.7 Å². The third-order valence-electron chi connectivity index (χ3n) is 4.55. The molecule has 0 N–H and O–H groups in total. The predicted octanol–water partition coefficient (Wildman–Crippen LogP) is 1.67. The molecule has 3 amide bonds. The maximum absolute atomic E-state index is 12.3. The van der Waals surface area contributed by atoms with Crippen molar-refractivity contribution < 1.29 is 14.4 Å². The quantitative estimate of drug-likeness (QED) is 0.725. The fraction of sp³-hybridized carbons (Fsp3) is 0.812. The number of hydrogen-bond donors (Lipinski definition) is 0. The van der Waals surface area contributed by atoms with Crippen molar-refractivity contribution in [3.8, 4) is 0 Å². The van der Waals surface area contributed by atoms with E-state index in [1.165, 1.54) is 4.90 Å². The summed E-state index contributed by atoms with van der Waals surface area (Å²) in [5, 5.41) is 0. The predicted molar refractivity (Wildman–Crippen MR) is 79.3 cm³/mol. The fourth-order valence-corrected chi connectivity index (χ4v) is 3.50. The van der Waals surface area contributed by atoms with Crippen LogP contribution in [0.25, 0.3) is 0 Å². The van der Waals surface area contributed by atoms with Gasteiger partial charge in [-0.1, -0.05) is 26.7 Å². The molecule has 2 rings (SSSR count). The molecular weight excluding hydrogens is 268 g/mol. The molecule has 5 nitrogen and oxygen atoms in total. The molecule has 1 aliphatic heterocycles. The van der Waals surface area contributed by atoms with Crippen molar-refractivity contribution in [1.29, 1.82) is 0 Å². The Hall–Kier alpha value is -1.39. The van der Waals surface area contributed by atoms with E-state index < -0.39 is 0 Å². The minimum absolute atomic E-state index is 0.000767. The Kier molecular flexibility index (Phi) is 5.01. The Labute approximate surface area is 126 Å². The van der Waals surface area contributed by atoms with Gasteiger partial charge in [-0.15, -0.1) is 0 Å². The summed E-state index contributed by atoms with van der Waals surface area (Å²) in [5.41, 5.74) is 0. The largest absolute Gasteiger partial charge is 0.345 e. The van der Waals surface area contributed by atoms with E-state index in [0.29, 0.717) is 12.5 Å². The van der Waals surface area contributed by atoms with E-state index in [9.17, 15) is 14.4 Å². The zero-order chi connectivity index (χ0) is 15.6. The highest BCUT2D eigenvalue weighted by molar-refractivity contribution is 6.05. The van der Waals surface area contributed by atoms with Gasteiger partial charge < -0.3 is 4.90 Å². The zero-order valence-corrected chi connectivity index (χ0v) is 13.3. The number of carbonyl (C=O) groups excluding carboxylic acids is 3. The molecule has 1 saturated heterocycles. The van der Waals surface area contributed by atoms with Gasteiger partial charge in [-0.25, -0.2) is 0 Å². The van der Waals surface area contributed by atoms with Crippen LogP contribution < -0.4 is 0 Å². The van der Waals surface area contributed by atoms with Gasteiger partial charge in [-0.2, -0.15) is 0 Å². The van der Waals surface area contributed by atoms with E-state index >= 15 is 0 Å². The Bertz CT molecular complexity index is 409. The smallest absolute Gasteiger partial charge is 0.233 e. The summed E-state index contributed by atoms with van der Waals surface area (Å²) in [5.74, 6) is 0.0774. The van der Waals surface area contributed by atoms with Crippen LogP contribution in [0.3, 0.4) is 0 Å². The number of imide groups is 1. The van der Waals surface area contributed by atoms with Crippen LogP contribution in [0, 0.1) is 17.8 Å². The number of nitrogens with zero attached hydrogens (tertiary/aromatic N) is 2. The number of hydrogen-bond acceptors (Lipinski definition) is 3. The maximum Gasteiger partial charge on any atom is 0.233 e. The first-order valence-electron chi connectivity index (χ1n) is 8.01. The van der Waals surface area contributed by atoms with Crippen molar-refractivity contribution in [2.75, 3.05) is 20.1 Å². The van der Waals surface area contributed by atoms with Gasteiger partial charge in [0, 0.05) is 26.6 Å². The summed E-state index contributed by atoms with van der Waals surface area (Å²) in [6.45, 7) is 5.06. The van der Waals surface area contributed by atoms with Crippen molar-refractivity contribution >= 4 is 17.7 Å². The molecule has 1 heterocycles. The molecule has 0 spiro atoms. The molecule has 2 fully saturated rings. The number of rotatable bonds is 5. The first kappa shape index (κ1) is 16.0. The minimum Gasteiger partial charge on any atom is -0.345 e. The molecule has 0 radical (unpaired) electrons. The van der Waals surface area contributed by atoms with E-state index in [0.717, 1.165) is 25.7 Å². The lowest BCUT2D eigenvalue weighted by molar-refractivity contribution is -0.140. The van der Waals surface area contributed by atoms with Crippen LogP contribution in [0.5, 0.6) is 0 Å². The van der Waals surface area contributed by atoms with Crippen LogP contribution in [0.2, 0.25) is 0 Å². The Morgan fingerprint density at radius 1 is 1.19 bits per heavy atom. The molecule has 2 atom stereocenters. The molecule has 0 aromatic carbocycles. The highest BCUT2D eigenvalue weighted by atomic mass is 16.2. The van der Waals surface area contributed by atoms with Crippen LogP contribution in [0.4, 0.5) is 0 Å². The molecule has 0 aromatic rings. The van der Waals surface area contributed by atoms with Crippen molar-refractivity contribution in [3.63, 3.8) is 0 Å². The average Bonchev–Trinajstić information content (AvgIpc) is 2.68. The topological polar surface area (TPSA) is 57.7 Å².